The maximum absolute atomic E-state index is 12.2. The van der Waals surface area contributed by atoms with Crippen molar-refractivity contribution < 1.29 is 27.8 Å². The van der Waals surface area contributed by atoms with Gasteiger partial charge in [0.1, 0.15) is 5.75 Å². The number of aliphatic hydroxyl groups is 1. The molecule has 0 aliphatic carbocycles. The average molecular weight is 346 g/mol. The number of aliphatic hydroxyl groups excluding tert-OH is 1. The number of ether oxygens (including phenoxy) is 1. The van der Waals surface area contributed by atoms with Crippen LogP contribution < -0.4 is 10.1 Å². The van der Waals surface area contributed by atoms with Gasteiger partial charge in [-0.1, -0.05) is 12.1 Å². The normalized spacial score (nSPS) is 16.1. The summed E-state index contributed by atoms with van der Waals surface area (Å²) in [5.41, 5.74) is 0.660. The van der Waals surface area contributed by atoms with Crippen LogP contribution in [0.2, 0.25) is 0 Å². The number of rotatable bonds is 5. The van der Waals surface area contributed by atoms with Gasteiger partial charge in [0.15, 0.2) is 6.61 Å². The van der Waals surface area contributed by atoms with Gasteiger partial charge in [-0.15, -0.1) is 0 Å². The van der Waals surface area contributed by atoms with E-state index in [0.29, 0.717) is 18.7 Å². The second-order valence-corrected chi connectivity index (χ2v) is 5.82. The number of nitrogens with zero attached hydrogens (tertiary/aromatic N) is 1. The molecule has 8 heteroatoms. The number of nitrogens with one attached hydrogen (secondary N) is 1. The molecule has 0 bridgehead atoms. The van der Waals surface area contributed by atoms with Gasteiger partial charge in [-0.25, -0.2) is 4.79 Å². The molecule has 2 rings (SSSR count). The number of urea groups is 1. The van der Waals surface area contributed by atoms with E-state index in [1.165, 1.54) is 12.1 Å². The number of amides is 2. The van der Waals surface area contributed by atoms with Crippen molar-refractivity contribution in [1.82, 2.24) is 10.2 Å². The number of alkyl halides is 3. The highest BCUT2D eigenvalue weighted by Crippen LogP contribution is 2.20. The first-order valence-electron chi connectivity index (χ1n) is 7.79. The van der Waals surface area contributed by atoms with Gasteiger partial charge in [0.05, 0.1) is 0 Å². The lowest BCUT2D eigenvalue weighted by molar-refractivity contribution is -0.153. The van der Waals surface area contributed by atoms with Crippen molar-refractivity contribution in [3.63, 3.8) is 0 Å². The highest BCUT2D eigenvalue weighted by molar-refractivity contribution is 5.74. The Morgan fingerprint density at radius 1 is 1.33 bits per heavy atom. The number of carbonyl (C=O) groups excluding carboxylic acids is 1. The van der Waals surface area contributed by atoms with E-state index in [4.69, 9.17) is 5.11 Å². The van der Waals surface area contributed by atoms with Gasteiger partial charge < -0.3 is 20.1 Å². The first-order chi connectivity index (χ1) is 11.4. The third-order valence-electron chi connectivity index (χ3n) is 3.90. The summed E-state index contributed by atoms with van der Waals surface area (Å²) in [5.74, 6) is 0.361. The van der Waals surface area contributed by atoms with Crippen molar-refractivity contribution in [3.8, 4) is 5.75 Å². The van der Waals surface area contributed by atoms with Crippen LogP contribution in [0.5, 0.6) is 5.75 Å². The molecule has 0 atom stereocenters. The number of halogens is 3. The molecular formula is C16H21F3N2O3. The van der Waals surface area contributed by atoms with Crippen molar-refractivity contribution in [3.05, 3.63) is 29.8 Å². The molecule has 1 aliphatic heterocycles. The zero-order valence-electron chi connectivity index (χ0n) is 13.2. The van der Waals surface area contributed by atoms with Crippen molar-refractivity contribution >= 4 is 6.03 Å². The maximum atomic E-state index is 12.2. The van der Waals surface area contributed by atoms with E-state index in [9.17, 15) is 18.0 Å². The van der Waals surface area contributed by atoms with E-state index < -0.39 is 12.8 Å². The maximum Gasteiger partial charge on any atom is 0.422 e. The Morgan fingerprint density at radius 3 is 2.67 bits per heavy atom. The minimum Gasteiger partial charge on any atom is -0.484 e. The molecule has 1 fully saturated rings. The molecule has 2 N–H and O–H groups in total. The number of benzene rings is 1. The largest absolute Gasteiger partial charge is 0.484 e. The van der Waals surface area contributed by atoms with Crippen molar-refractivity contribution in [2.24, 2.45) is 5.92 Å². The van der Waals surface area contributed by atoms with E-state index in [0.717, 1.165) is 12.8 Å². The van der Waals surface area contributed by atoms with Crippen LogP contribution in [0.4, 0.5) is 18.0 Å². The quantitative estimate of drug-likeness (QED) is 0.861. The van der Waals surface area contributed by atoms with Gasteiger partial charge in [0.2, 0.25) is 0 Å². The van der Waals surface area contributed by atoms with Gasteiger partial charge >= 0.3 is 12.2 Å². The molecule has 0 unspecified atom stereocenters. The summed E-state index contributed by atoms with van der Waals surface area (Å²) in [6.07, 6.45) is -2.85. The molecule has 1 saturated heterocycles. The second kappa shape index (κ2) is 8.23. The third-order valence-corrected chi connectivity index (χ3v) is 3.90. The standard InChI is InChI=1S/C16H21F3N2O3/c17-16(18,19)11-24-14-3-1-2-13(8-14)9-20-15(23)21-6-4-12(10-22)5-7-21/h1-3,8,12,22H,4-7,9-11H2,(H,20,23). The summed E-state index contributed by atoms with van der Waals surface area (Å²) in [6.45, 7) is 0.183. The summed E-state index contributed by atoms with van der Waals surface area (Å²) < 4.78 is 41.1. The summed E-state index contributed by atoms with van der Waals surface area (Å²) >= 11 is 0. The topological polar surface area (TPSA) is 61.8 Å². The molecule has 1 aromatic carbocycles. The van der Waals surface area contributed by atoms with Crippen LogP contribution in [0.3, 0.4) is 0 Å². The highest BCUT2D eigenvalue weighted by atomic mass is 19.4. The Balaban J connectivity index is 1.80. The Morgan fingerprint density at radius 2 is 2.04 bits per heavy atom. The monoisotopic (exact) mass is 346 g/mol. The molecule has 0 saturated carbocycles. The van der Waals surface area contributed by atoms with Gasteiger partial charge in [-0.05, 0) is 36.5 Å². The Kier molecular flexibility index (Phi) is 6.30. The molecule has 1 heterocycles. The average Bonchev–Trinajstić information content (AvgIpc) is 2.58. The molecule has 0 spiro atoms. The van der Waals surface area contributed by atoms with Crippen LogP contribution in [0, 0.1) is 5.92 Å². The van der Waals surface area contributed by atoms with Gasteiger partial charge in [-0.2, -0.15) is 13.2 Å². The predicted octanol–water partition coefficient (Wildman–Crippen LogP) is 2.54. The summed E-state index contributed by atoms with van der Waals surface area (Å²) in [5, 5.41) is 11.8. The van der Waals surface area contributed by atoms with E-state index in [2.05, 4.69) is 10.1 Å². The molecule has 24 heavy (non-hydrogen) atoms. The number of likely N-dealkylation sites (tertiary alicyclic amines) is 1. The fourth-order valence-electron chi connectivity index (χ4n) is 2.52. The first kappa shape index (κ1) is 18.4. The Hall–Kier alpha value is -1.96. The van der Waals surface area contributed by atoms with Crippen LogP contribution in [-0.2, 0) is 6.54 Å². The molecule has 1 aromatic rings. The summed E-state index contributed by atoms with van der Waals surface area (Å²) in [7, 11) is 0. The summed E-state index contributed by atoms with van der Waals surface area (Å²) in [4.78, 5) is 13.8. The Bertz CT molecular complexity index is 544. The molecular weight excluding hydrogens is 325 g/mol. The van der Waals surface area contributed by atoms with Crippen LogP contribution in [0.25, 0.3) is 0 Å². The molecule has 134 valence electrons. The highest BCUT2D eigenvalue weighted by Gasteiger charge is 2.28. The van der Waals surface area contributed by atoms with Gasteiger partial charge in [0, 0.05) is 26.2 Å². The fourth-order valence-corrected chi connectivity index (χ4v) is 2.52. The number of carbonyl (C=O) groups is 1. The lowest BCUT2D eigenvalue weighted by Gasteiger charge is -2.31. The zero-order valence-corrected chi connectivity index (χ0v) is 13.2. The molecule has 1 aliphatic rings. The number of hydrogen-bond donors (Lipinski definition) is 2. The van der Waals surface area contributed by atoms with Gasteiger partial charge in [-0.3, -0.25) is 0 Å². The van der Waals surface area contributed by atoms with Crippen molar-refractivity contribution in [2.45, 2.75) is 25.6 Å². The first-order valence-corrected chi connectivity index (χ1v) is 7.79. The third kappa shape index (κ3) is 5.92. The molecule has 0 radical (unpaired) electrons. The van der Waals surface area contributed by atoms with Crippen LogP contribution in [0.15, 0.2) is 24.3 Å². The minimum atomic E-state index is -4.38. The Labute approximate surface area is 138 Å². The van der Waals surface area contributed by atoms with Crippen LogP contribution in [0.1, 0.15) is 18.4 Å². The van der Waals surface area contributed by atoms with Gasteiger partial charge in [0.25, 0.3) is 0 Å². The fraction of sp³-hybridized carbons (Fsp3) is 0.562. The van der Waals surface area contributed by atoms with Crippen LogP contribution in [-0.4, -0.2) is 48.5 Å². The lowest BCUT2D eigenvalue weighted by Crippen LogP contribution is -2.44. The van der Waals surface area contributed by atoms with Crippen LogP contribution >= 0.6 is 0 Å². The smallest absolute Gasteiger partial charge is 0.422 e. The number of hydrogen-bond acceptors (Lipinski definition) is 3. The number of piperidine rings is 1. The summed E-state index contributed by atoms with van der Waals surface area (Å²) in [6, 6.07) is 5.99. The van der Waals surface area contributed by atoms with E-state index in [1.54, 1.807) is 17.0 Å². The molecule has 2 amide bonds. The van der Waals surface area contributed by atoms with E-state index >= 15 is 0 Å². The van der Waals surface area contributed by atoms with E-state index in [-0.39, 0.29) is 30.9 Å². The lowest BCUT2D eigenvalue weighted by atomic mass is 9.98. The molecule has 0 aromatic heterocycles. The van der Waals surface area contributed by atoms with Crippen molar-refractivity contribution in [1.29, 1.82) is 0 Å². The van der Waals surface area contributed by atoms with E-state index in [1.807, 2.05) is 0 Å². The minimum absolute atomic E-state index is 0.114. The second-order valence-electron chi connectivity index (χ2n) is 5.82. The zero-order chi connectivity index (χ0) is 17.6. The predicted molar refractivity (Wildman–Crippen MR) is 81.6 cm³/mol. The SMILES string of the molecule is O=C(NCc1cccc(OCC(F)(F)F)c1)N1CCC(CO)CC1. The van der Waals surface area contributed by atoms with Crippen molar-refractivity contribution in [2.75, 3.05) is 26.3 Å². The molecule has 5 nitrogen and oxygen atoms in total.